The largest absolute Gasteiger partial charge is 0.497 e. The van der Waals surface area contributed by atoms with Crippen molar-refractivity contribution in [1.29, 1.82) is 0 Å². The highest BCUT2D eigenvalue weighted by atomic mass is 16.5. The lowest BCUT2D eigenvalue weighted by atomic mass is 9.97. The predicted molar refractivity (Wildman–Crippen MR) is 103 cm³/mol. The van der Waals surface area contributed by atoms with Crippen LogP contribution in [0.1, 0.15) is 34.5 Å². The molecule has 0 radical (unpaired) electrons. The average Bonchev–Trinajstić information content (AvgIpc) is 2.73. The van der Waals surface area contributed by atoms with Crippen molar-refractivity contribution >= 4 is 5.91 Å². The maximum atomic E-state index is 12.7. The van der Waals surface area contributed by atoms with Crippen LogP contribution in [-0.2, 0) is 6.61 Å². The summed E-state index contributed by atoms with van der Waals surface area (Å²) in [6, 6.07) is 15.1. The zero-order valence-corrected chi connectivity index (χ0v) is 15.2. The van der Waals surface area contributed by atoms with Crippen LogP contribution in [0.4, 0.5) is 0 Å². The molecule has 1 amide bonds. The molecule has 0 saturated heterocycles. The van der Waals surface area contributed by atoms with Gasteiger partial charge >= 0.3 is 0 Å². The number of aromatic nitrogens is 1. The summed E-state index contributed by atoms with van der Waals surface area (Å²) in [5.74, 6) is 1.34. The molecule has 2 aromatic carbocycles. The van der Waals surface area contributed by atoms with E-state index in [1.807, 2.05) is 55.6 Å². The molecule has 0 spiro atoms. The minimum absolute atomic E-state index is 0.141. The van der Waals surface area contributed by atoms with E-state index in [9.17, 15) is 4.79 Å². The van der Waals surface area contributed by atoms with E-state index in [-0.39, 0.29) is 11.9 Å². The zero-order valence-electron chi connectivity index (χ0n) is 15.2. The second-order valence-corrected chi connectivity index (χ2v) is 6.50. The van der Waals surface area contributed by atoms with Crippen molar-refractivity contribution in [2.75, 3.05) is 7.11 Å². The van der Waals surface area contributed by atoms with E-state index in [4.69, 9.17) is 9.47 Å². The Morgan fingerprint density at radius 1 is 1.19 bits per heavy atom. The van der Waals surface area contributed by atoms with Crippen LogP contribution in [0.15, 0.2) is 60.9 Å². The molecule has 2 heterocycles. The third-order valence-corrected chi connectivity index (χ3v) is 4.76. The Bertz CT molecular complexity index is 1000. The maximum absolute atomic E-state index is 12.7. The number of rotatable bonds is 4. The summed E-state index contributed by atoms with van der Waals surface area (Å²) in [6.45, 7) is 2.41. The van der Waals surface area contributed by atoms with E-state index in [1.54, 1.807) is 19.4 Å². The Morgan fingerprint density at radius 2 is 2.07 bits per heavy atom. The molecule has 5 nitrogen and oxygen atoms in total. The summed E-state index contributed by atoms with van der Waals surface area (Å²) < 4.78 is 11.1. The summed E-state index contributed by atoms with van der Waals surface area (Å²) in [5, 5.41) is 3.03. The Hall–Kier alpha value is -3.34. The van der Waals surface area contributed by atoms with Crippen LogP contribution in [0.2, 0.25) is 0 Å². The van der Waals surface area contributed by atoms with Gasteiger partial charge in [0.1, 0.15) is 18.1 Å². The lowest BCUT2D eigenvalue weighted by Crippen LogP contribution is -2.26. The molecule has 4 rings (SSSR count). The molecule has 1 aliphatic heterocycles. The number of amides is 1. The highest BCUT2D eigenvalue weighted by Gasteiger charge is 2.20. The van der Waals surface area contributed by atoms with Gasteiger partial charge in [0.25, 0.3) is 5.91 Å². The van der Waals surface area contributed by atoms with Crippen molar-refractivity contribution in [3.8, 4) is 22.6 Å². The summed E-state index contributed by atoms with van der Waals surface area (Å²) in [4.78, 5) is 16.8. The second-order valence-electron chi connectivity index (χ2n) is 6.50. The van der Waals surface area contributed by atoms with Crippen LogP contribution in [0.25, 0.3) is 11.1 Å². The molecule has 0 aliphatic carbocycles. The normalized spacial score (nSPS) is 13.0. The van der Waals surface area contributed by atoms with Crippen molar-refractivity contribution in [1.82, 2.24) is 10.3 Å². The summed E-state index contributed by atoms with van der Waals surface area (Å²) >= 11 is 0. The molecule has 0 bridgehead atoms. The van der Waals surface area contributed by atoms with Crippen molar-refractivity contribution in [3.05, 3.63) is 77.6 Å². The first-order valence-corrected chi connectivity index (χ1v) is 8.80. The molecule has 1 atom stereocenters. The Morgan fingerprint density at radius 3 is 2.93 bits per heavy atom. The van der Waals surface area contributed by atoms with Crippen molar-refractivity contribution in [3.63, 3.8) is 0 Å². The molecule has 1 aromatic heterocycles. The number of benzene rings is 2. The molecule has 3 aromatic rings. The molecule has 1 N–H and O–H groups in total. The molecule has 0 fully saturated rings. The first-order chi connectivity index (χ1) is 13.2. The van der Waals surface area contributed by atoms with Crippen LogP contribution in [-0.4, -0.2) is 18.0 Å². The van der Waals surface area contributed by atoms with Gasteiger partial charge in [-0.2, -0.15) is 0 Å². The van der Waals surface area contributed by atoms with E-state index >= 15 is 0 Å². The van der Waals surface area contributed by atoms with Gasteiger partial charge in [0.2, 0.25) is 0 Å². The van der Waals surface area contributed by atoms with Crippen LogP contribution in [0, 0.1) is 0 Å². The molecule has 1 aliphatic rings. The number of methoxy groups -OCH3 is 1. The fourth-order valence-corrected chi connectivity index (χ4v) is 3.24. The van der Waals surface area contributed by atoms with Crippen LogP contribution >= 0.6 is 0 Å². The standard InChI is InChI=1S/C22H20N2O3/c1-14(15-4-3-5-18(10-15)26-2)24-22(25)16-6-7-20-19-8-9-23-12-17(19)13-27-21(20)11-16/h3-12,14H,13H2,1-2H3,(H,24,25)/t14-/m1/s1. The number of pyridine rings is 1. The van der Waals surface area contributed by atoms with Gasteiger partial charge in [-0.15, -0.1) is 0 Å². The number of ether oxygens (including phenoxy) is 2. The summed E-state index contributed by atoms with van der Waals surface area (Å²) in [5.41, 5.74) is 4.69. The minimum Gasteiger partial charge on any atom is -0.497 e. The SMILES string of the molecule is COc1cccc([C@@H](C)NC(=O)c2ccc3c(c2)OCc2cnccc2-3)c1. The number of nitrogens with zero attached hydrogens (tertiary/aromatic N) is 1. The number of hydrogen-bond donors (Lipinski definition) is 1. The lowest BCUT2D eigenvalue weighted by molar-refractivity contribution is 0.0939. The average molecular weight is 360 g/mol. The van der Waals surface area contributed by atoms with Gasteiger partial charge in [-0.1, -0.05) is 12.1 Å². The number of carbonyl (C=O) groups excluding carboxylic acids is 1. The molecular formula is C22H20N2O3. The van der Waals surface area contributed by atoms with E-state index in [2.05, 4.69) is 10.3 Å². The quantitative estimate of drug-likeness (QED) is 0.760. The van der Waals surface area contributed by atoms with Gasteiger partial charge in [0, 0.05) is 29.1 Å². The monoisotopic (exact) mass is 360 g/mol. The molecule has 0 saturated carbocycles. The van der Waals surface area contributed by atoms with Gasteiger partial charge in [-0.05, 0) is 54.4 Å². The van der Waals surface area contributed by atoms with Gasteiger partial charge in [-0.3, -0.25) is 9.78 Å². The van der Waals surface area contributed by atoms with Gasteiger partial charge < -0.3 is 14.8 Å². The highest BCUT2D eigenvalue weighted by molar-refractivity contribution is 5.96. The van der Waals surface area contributed by atoms with E-state index in [1.165, 1.54) is 0 Å². The smallest absolute Gasteiger partial charge is 0.251 e. The first kappa shape index (κ1) is 17.1. The van der Waals surface area contributed by atoms with E-state index in [0.29, 0.717) is 12.2 Å². The van der Waals surface area contributed by atoms with Gasteiger partial charge in [0.05, 0.1) is 13.2 Å². The highest BCUT2D eigenvalue weighted by Crippen LogP contribution is 2.37. The van der Waals surface area contributed by atoms with E-state index in [0.717, 1.165) is 33.8 Å². The first-order valence-electron chi connectivity index (χ1n) is 8.80. The van der Waals surface area contributed by atoms with Crippen LogP contribution in [0.3, 0.4) is 0 Å². The van der Waals surface area contributed by atoms with Crippen molar-refractivity contribution < 1.29 is 14.3 Å². The number of fused-ring (bicyclic) bond motifs is 3. The maximum Gasteiger partial charge on any atom is 0.251 e. The van der Waals surface area contributed by atoms with Crippen LogP contribution < -0.4 is 14.8 Å². The predicted octanol–water partition coefficient (Wildman–Crippen LogP) is 4.14. The van der Waals surface area contributed by atoms with Crippen LogP contribution in [0.5, 0.6) is 11.5 Å². The number of carbonyl (C=O) groups is 1. The molecule has 0 unspecified atom stereocenters. The van der Waals surface area contributed by atoms with Crippen molar-refractivity contribution in [2.45, 2.75) is 19.6 Å². The van der Waals surface area contributed by atoms with Gasteiger partial charge in [-0.25, -0.2) is 0 Å². The molecular weight excluding hydrogens is 340 g/mol. The Labute approximate surface area is 158 Å². The minimum atomic E-state index is -0.142. The second kappa shape index (κ2) is 7.11. The van der Waals surface area contributed by atoms with E-state index < -0.39 is 0 Å². The Kier molecular flexibility index (Phi) is 4.50. The third-order valence-electron chi connectivity index (χ3n) is 4.76. The Balaban J connectivity index is 1.55. The fourth-order valence-electron chi connectivity index (χ4n) is 3.24. The summed E-state index contributed by atoms with van der Waals surface area (Å²) in [6.07, 6.45) is 3.58. The van der Waals surface area contributed by atoms with Gasteiger partial charge in [0.15, 0.2) is 0 Å². The molecule has 5 heteroatoms. The number of nitrogens with one attached hydrogen (secondary N) is 1. The molecule has 27 heavy (non-hydrogen) atoms. The summed E-state index contributed by atoms with van der Waals surface area (Å²) in [7, 11) is 1.63. The van der Waals surface area contributed by atoms with Crippen molar-refractivity contribution in [2.24, 2.45) is 0 Å². The third kappa shape index (κ3) is 3.36. The fraction of sp³-hybridized carbons (Fsp3) is 0.182. The topological polar surface area (TPSA) is 60.5 Å². The number of hydrogen-bond acceptors (Lipinski definition) is 4. The zero-order chi connectivity index (χ0) is 18.8. The molecule has 136 valence electrons. The lowest BCUT2D eigenvalue weighted by Gasteiger charge is -2.21.